The van der Waals surface area contributed by atoms with Crippen molar-refractivity contribution in [1.29, 1.82) is 0 Å². The fraction of sp³-hybridized carbons (Fsp3) is 0.407. The Balaban J connectivity index is 0.924. The van der Waals surface area contributed by atoms with Crippen LogP contribution >= 0.6 is 0 Å². The lowest BCUT2D eigenvalue weighted by molar-refractivity contribution is -0.129. The van der Waals surface area contributed by atoms with E-state index in [-0.39, 0.29) is 61.1 Å². The van der Waals surface area contributed by atoms with Crippen molar-refractivity contribution in [3.63, 3.8) is 0 Å². The summed E-state index contributed by atoms with van der Waals surface area (Å²) in [5.41, 5.74) is 10.3. The van der Waals surface area contributed by atoms with Crippen molar-refractivity contribution in [3.8, 4) is 17.2 Å². The number of Topliss-reactive ketones (excluding diaryl/α,β-unsaturated/α-hetero) is 1. The van der Waals surface area contributed by atoms with Crippen molar-refractivity contribution in [1.82, 2.24) is 5.32 Å². The van der Waals surface area contributed by atoms with E-state index in [1.165, 1.54) is 11.1 Å². The van der Waals surface area contributed by atoms with E-state index in [0.717, 1.165) is 90.6 Å². The number of rotatable bonds is 18. The second-order valence-corrected chi connectivity index (χ2v) is 20.4. The van der Waals surface area contributed by atoms with Gasteiger partial charge in [-0.3, -0.25) is 24.0 Å². The predicted molar refractivity (Wildman–Crippen MR) is 276 cm³/mol. The molecule has 0 saturated carbocycles. The monoisotopic (exact) mass is 958 g/mol. The van der Waals surface area contributed by atoms with Crippen LogP contribution in [0.25, 0.3) is 0 Å². The summed E-state index contributed by atoms with van der Waals surface area (Å²) in [6.45, 7) is 9.89. The van der Waals surface area contributed by atoms with Crippen molar-refractivity contribution in [2.75, 3.05) is 22.2 Å². The van der Waals surface area contributed by atoms with Crippen LogP contribution in [-0.4, -0.2) is 54.6 Å². The molecule has 4 aliphatic rings. The number of carbonyl (C=O) groups excluding carboxylic acids is 5. The molecular formula is C59H66N4O8. The molecule has 0 aliphatic carbocycles. The maximum atomic E-state index is 14.1. The topological polar surface area (TPSA) is 144 Å². The van der Waals surface area contributed by atoms with Gasteiger partial charge in [-0.1, -0.05) is 70.0 Å². The van der Waals surface area contributed by atoms with E-state index in [1.807, 2.05) is 89.5 Å². The van der Waals surface area contributed by atoms with E-state index >= 15 is 0 Å². The number of methoxy groups -OCH3 is 1. The number of nitrogens with one attached hydrogen (secondary N) is 2. The minimum Gasteiger partial charge on any atom is -0.493 e. The van der Waals surface area contributed by atoms with Crippen LogP contribution in [0, 0.1) is 18.8 Å². The van der Waals surface area contributed by atoms with Crippen LogP contribution < -0.4 is 34.6 Å². The Labute approximate surface area is 417 Å². The van der Waals surface area contributed by atoms with E-state index in [9.17, 15) is 24.0 Å². The smallest absolute Gasteiger partial charge is 0.258 e. The summed E-state index contributed by atoms with van der Waals surface area (Å²) in [6, 6.07) is 29.0. The minimum absolute atomic E-state index is 0.0154. The van der Waals surface area contributed by atoms with Crippen molar-refractivity contribution in [3.05, 3.63) is 141 Å². The highest BCUT2D eigenvalue weighted by Crippen LogP contribution is 2.42. The molecule has 0 saturated heterocycles. The van der Waals surface area contributed by atoms with Gasteiger partial charge in [0.25, 0.3) is 11.8 Å². The lowest BCUT2D eigenvalue weighted by Crippen LogP contribution is -2.39. The molecule has 0 bridgehead atoms. The van der Waals surface area contributed by atoms with Gasteiger partial charge in [-0.15, -0.1) is 0 Å². The van der Waals surface area contributed by atoms with Crippen LogP contribution in [0.5, 0.6) is 17.2 Å². The van der Waals surface area contributed by atoms with Gasteiger partial charge < -0.3 is 34.6 Å². The number of carbonyl (C=O) groups is 5. The van der Waals surface area contributed by atoms with Crippen LogP contribution in [0.4, 0.5) is 17.1 Å². The molecule has 2 N–H and O–H groups in total. The number of para-hydroxylation sites is 2. The summed E-state index contributed by atoms with van der Waals surface area (Å²) in [6.07, 6.45) is 7.85. The number of unbranched alkanes of at least 4 members (excludes halogenated alkanes) is 1. The third-order valence-electron chi connectivity index (χ3n) is 14.7. The number of aryl methyl sites for hydroxylation is 3. The van der Waals surface area contributed by atoms with E-state index in [2.05, 4.69) is 36.6 Å². The first-order valence-corrected chi connectivity index (χ1v) is 25.4. The zero-order chi connectivity index (χ0) is 49.9. The third kappa shape index (κ3) is 10.7. The summed E-state index contributed by atoms with van der Waals surface area (Å²) >= 11 is 0. The minimum atomic E-state index is -0.715. The second-order valence-electron chi connectivity index (χ2n) is 20.4. The summed E-state index contributed by atoms with van der Waals surface area (Å²) in [5, 5.41) is 5.86. The highest BCUT2D eigenvalue weighted by atomic mass is 16.5. The number of hydrogen-bond acceptors (Lipinski definition) is 8. The molecule has 0 spiro atoms. The number of ether oxygens (including phenoxy) is 3. The molecule has 0 aromatic heterocycles. The fourth-order valence-electron chi connectivity index (χ4n) is 10.8. The molecule has 370 valence electrons. The third-order valence-corrected chi connectivity index (χ3v) is 14.7. The van der Waals surface area contributed by atoms with Gasteiger partial charge in [0.15, 0.2) is 17.3 Å². The lowest BCUT2D eigenvalue weighted by atomic mass is 9.98. The van der Waals surface area contributed by atoms with Gasteiger partial charge in [-0.2, -0.15) is 0 Å². The van der Waals surface area contributed by atoms with Gasteiger partial charge in [0, 0.05) is 59.0 Å². The first kappa shape index (κ1) is 49.0. The van der Waals surface area contributed by atoms with Crippen molar-refractivity contribution < 1.29 is 38.2 Å². The SMILES string of the molecule is COc1cc2c(cc1OCc1cc(COc3cc4c(cc3C)C(=O)N3c5ccccc5C[C@H]3CC4)cc(NC(=O)[C@H](C)CC(=O)[C@H](C)NC(=O)CCCCC(C)C)c1)CC[C@@H]1Cc3ccccc3N1C2=O. The first-order chi connectivity index (χ1) is 34.2. The van der Waals surface area contributed by atoms with Crippen LogP contribution in [0.3, 0.4) is 0 Å². The highest BCUT2D eigenvalue weighted by Gasteiger charge is 2.39. The average molecular weight is 959 g/mol. The number of ketones is 1. The van der Waals surface area contributed by atoms with Gasteiger partial charge >= 0.3 is 0 Å². The molecule has 4 atom stereocenters. The molecule has 0 radical (unpaired) electrons. The zero-order valence-electron chi connectivity index (χ0n) is 41.9. The van der Waals surface area contributed by atoms with Gasteiger partial charge in [-0.25, -0.2) is 0 Å². The standard InChI is InChI=1S/C59H66N4O8/c1-35(2)13-7-12-18-56(65)60-38(5)52(64)24-37(4)57(66)61-45-26-39(33-70-53-30-41-19-21-46-28-43-14-8-10-16-50(43)62(46)58(67)48(41)23-36(53)3)25-40(27-45)34-71-55-31-42-20-22-47-29-44-15-9-11-17-51(44)63(47)59(68)49(42)32-54(55)69-6/h8-11,14-17,23,25-27,30-32,35,37-38,46-47H,7,12-13,18-22,24,28-29,33-34H2,1-6H3,(H,60,65)(H,61,66)/t37-,38+,46-,47-/m1/s1. The molecular weight excluding hydrogens is 893 g/mol. The largest absolute Gasteiger partial charge is 0.493 e. The normalized spacial score (nSPS) is 17.4. The molecule has 0 fully saturated rings. The molecule has 5 aromatic carbocycles. The molecule has 12 heteroatoms. The molecule has 4 heterocycles. The second kappa shape index (κ2) is 21.2. The maximum Gasteiger partial charge on any atom is 0.258 e. The molecule has 4 amide bonds. The predicted octanol–water partition coefficient (Wildman–Crippen LogP) is 10.5. The summed E-state index contributed by atoms with van der Waals surface area (Å²) in [7, 11) is 1.56. The Morgan fingerprint density at radius 2 is 1.24 bits per heavy atom. The molecule has 9 rings (SSSR count). The maximum absolute atomic E-state index is 14.1. The van der Waals surface area contributed by atoms with Gasteiger partial charge in [0.05, 0.1) is 13.2 Å². The van der Waals surface area contributed by atoms with Gasteiger partial charge in [-0.05, 0) is 158 Å². The van der Waals surface area contributed by atoms with E-state index < -0.39 is 12.0 Å². The van der Waals surface area contributed by atoms with Gasteiger partial charge in [0.2, 0.25) is 11.8 Å². The molecule has 12 nitrogen and oxygen atoms in total. The Morgan fingerprint density at radius 1 is 0.676 bits per heavy atom. The quantitative estimate of drug-likeness (QED) is 0.0827. The number of amides is 4. The van der Waals surface area contributed by atoms with Crippen LogP contribution in [0.15, 0.2) is 91.0 Å². The zero-order valence-corrected chi connectivity index (χ0v) is 41.9. The van der Waals surface area contributed by atoms with Crippen LogP contribution in [0.2, 0.25) is 0 Å². The number of benzene rings is 5. The number of nitrogens with zero attached hydrogens (tertiary/aromatic N) is 2. The number of fused-ring (bicyclic) bond motifs is 8. The van der Waals surface area contributed by atoms with E-state index in [0.29, 0.717) is 52.8 Å². The van der Waals surface area contributed by atoms with E-state index in [4.69, 9.17) is 14.2 Å². The Kier molecular flexibility index (Phi) is 14.6. The Bertz CT molecular complexity index is 2870. The molecule has 5 aromatic rings. The average Bonchev–Trinajstić information content (AvgIpc) is 3.85. The highest BCUT2D eigenvalue weighted by molar-refractivity contribution is 6.10. The van der Waals surface area contributed by atoms with Crippen molar-refractivity contribution in [2.45, 2.75) is 137 Å². The number of anilines is 3. The molecule has 0 unspecified atom stereocenters. The summed E-state index contributed by atoms with van der Waals surface area (Å²) in [4.78, 5) is 71.8. The lowest BCUT2D eigenvalue weighted by Gasteiger charge is -2.23. The summed E-state index contributed by atoms with van der Waals surface area (Å²) in [5.74, 6) is 0.742. The number of hydrogen-bond donors (Lipinski definition) is 2. The fourth-order valence-corrected chi connectivity index (χ4v) is 10.8. The molecule has 4 aliphatic heterocycles. The van der Waals surface area contributed by atoms with Crippen LogP contribution in [0.1, 0.15) is 132 Å². The summed E-state index contributed by atoms with van der Waals surface area (Å²) < 4.78 is 18.9. The molecule has 71 heavy (non-hydrogen) atoms. The van der Waals surface area contributed by atoms with Crippen molar-refractivity contribution in [2.24, 2.45) is 11.8 Å². The van der Waals surface area contributed by atoms with Gasteiger partial charge in [0.1, 0.15) is 19.0 Å². The van der Waals surface area contributed by atoms with Crippen LogP contribution in [-0.2, 0) is 53.3 Å². The Morgan fingerprint density at radius 3 is 1.83 bits per heavy atom. The Hall–Kier alpha value is -6.95. The van der Waals surface area contributed by atoms with Crippen molar-refractivity contribution >= 4 is 46.5 Å². The first-order valence-electron chi connectivity index (χ1n) is 25.4. The van der Waals surface area contributed by atoms with E-state index in [1.54, 1.807) is 27.0 Å².